The second-order valence-electron chi connectivity index (χ2n) is 5.48. The molecule has 0 amide bonds. The van der Waals surface area contributed by atoms with Gasteiger partial charge < -0.3 is 0 Å². The van der Waals surface area contributed by atoms with Crippen LogP contribution in [0.15, 0.2) is 5.38 Å². The zero-order valence-corrected chi connectivity index (χ0v) is 12.9. The fourth-order valence-corrected chi connectivity index (χ4v) is 4.14. The van der Waals surface area contributed by atoms with Crippen molar-refractivity contribution in [2.24, 2.45) is 5.92 Å². The number of alkyl halides is 1. The van der Waals surface area contributed by atoms with Crippen LogP contribution in [0.25, 0.3) is 0 Å². The fraction of sp³-hybridized carbons (Fsp3) is 0.800. The van der Waals surface area contributed by atoms with Gasteiger partial charge >= 0.3 is 0 Å². The molecule has 0 atom stereocenters. The molecule has 0 unspecified atom stereocenters. The lowest BCUT2D eigenvalue weighted by atomic mass is 9.80. The van der Waals surface area contributed by atoms with Crippen molar-refractivity contribution in [3.63, 3.8) is 0 Å². The van der Waals surface area contributed by atoms with Crippen molar-refractivity contribution in [2.45, 2.75) is 64.2 Å². The molecular weight excluding hydrogens is 262 g/mol. The Labute approximate surface area is 120 Å². The quantitative estimate of drug-likeness (QED) is 0.639. The number of hydrogen-bond donors (Lipinski definition) is 0. The van der Waals surface area contributed by atoms with Crippen LogP contribution in [0, 0.1) is 5.92 Å². The van der Waals surface area contributed by atoms with Gasteiger partial charge in [-0.1, -0.05) is 19.8 Å². The van der Waals surface area contributed by atoms with E-state index in [2.05, 4.69) is 12.3 Å². The molecule has 1 aromatic heterocycles. The van der Waals surface area contributed by atoms with Crippen LogP contribution in [-0.2, 0) is 6.42 Å². The highest BCUT2D eigenvalue weighted by atomic mass is 35.5. The fourth-order valence-electron chi connectivity index (χ4n) is 2.98. The normalized spacial score (nSPS) is 24.3. The van der Waals surface area contributed by atoms with Crippen LogP contribution in [0.3, 0.4) is 0 Å². The summed E-state index contributed by atoms with van der Waals surface area (Å²) in [5.74, 6) is 2.48. The van der Waals surface area contributed by atoms with Gasteiger partial charge in [-0.15, -0.1) is 22.9 Å². The van der Waals surface area contributed by atoms with E-state index < -0.39 is 0 Å². The van der Waals surface area contributed by atoms with Gasteiger partial charge in [0.1, 0.15) is 0 Å². The summed E-state index contributed by atoms with van der Waals surface area (Å²) in [6.45, 7) is 2.30. The van der Waals surface area contributed by atoms with Crippen molar-refractivity contribution in [1.82, 2.24) is 4.98 Å². The molecule has 1 aromatic rings. The van der Waals surface area contributed by atoms with Crippen molar-refractivity contribution >= 4 is 22.9 Å². The summed E-state index contributed by atoms with van der Waals surface area (Å²) in [4.78, 5) is 4.80. The van der Waals surface area contributed by atoms with Gasteiger partial charge in [0.25, 0.3) is 0 Å². The van der Waals surface area contributed by atoms with Gasteiger partial charge in [-0.25, -0.2) is 4.98 Å². The summed E-state index contributed by atoms with van der Waals surface area (Å²) in [6.07, 6.45) is 10.4. The highest BCUT2D eigenvalue weighted by Gasteiger charge is 2.23. The van der Waals surface area contributed by atoms with Gasteiger partial charge in [0, 0.05) is 17.2 Å². The molecule has 0 aromatic carbocycles. The predicted molar refractivity (Wildman–Crippen MR) is 80.8 cm³/mol. The van der Waals surface area contributed by atoms with E-state index in [4.69, 9.17) is 16.6 Å². The molecule has 1 saturated carbocycles. The summed E-state index contributed by atoms with van der Waals surface area (Å²) >= 11 is 7.60. The molecule has 1 aliphatic rings. The Morgan fingerprint density at radius 2 is 2.11 bits per heavy atom. The van der Waals surface area contributed by atoms with Crippen molar-refractivity contribution in [1.29, 1.82) is 0 Å². The Kier molecular flexibility index (Phi) is 5.97. The molecule has 0 radical (unpaired) electrons. The highest BCUT2D eigenvalue weighted by molar-refractivity contribution is 7.09. The first-order chi connectivity index (χ1) is 8.83. The molecule has 1 heterocycles. The Morgan fingerprint density at radius 1 is 1.33 bits per heavy atom. The lowest BCUT2D eigenvalue weighted by molar-refractivity contribution is 0.308. The molecule has 1 fully saturated rings. The first-order valence-electron chi connectivity index (χ1n) is 7.33. The summed E-state index contributed by atoms with van der Waals surface area (Å²) < 4.78 is 0. The topological polar surface area (TPSA) is 12.9 Å². The average Bonchev–Trinajstić information content (AvgIpc) is 2.86. The summed E-state index contributed by atoms with van der Waals surface area (Å²) in [5, 5.41) is 3.62. The zero-order chi connectivity index (χ0) is 12.8. The number of aryl methyl sites for hydroxylation is 1. The smallest absolute Gasteiger partial charge is 0.0959 e. The van der Waals surface area contributed by atoms with Gasteiger partial charge in [0.15, 0.2) is 0 Å². The minimum atomic E-state index is 0.743. The van der Waals surface area contributed by atoms with Gasteiger partial charge in [-0.3, -0.25) is 0 Å². The molecule has 102 valence electrons. The second-order valence-corrected chi connectivity index (χ2v) is 6.74. The van der Waals surface area contributed by atoms with Crippen LogP contribution in [0.4, 0.5) is 0 Å². The monoisotopic (exact) mass is 285 g/mol. The molecule has 0 N–H and O–H groups in total. The van der Waals surface area contributed by atoms with E-state index in [0.29, 0.717) is 0 Å². The Bertz CT molecular complexity index is 342. The molecule has 0 spiro atoms. The summed E-state index contributed by atoms with van der Waals surface area (Å²) in [6, 6.07) is 0. The third-order valence-electron chi connectivity index (χ3n) is 4.03. The van der Waals surface area contributed by atoms with Crippen LogP contribution in [0.1, 0.15) is 68.5 Å². The maximum Gasteiger partial charge on any atom is 0.0959 e. The second kappa shape index (κ2) is 7.49. The molecule has 3 heteroatoms. The summed E-state index contributed by atoms with van der Waals surface area (Å²) in [5.41, 5.74) is 1.26. The van der Waals surface area contributed by atoms with E-state index in [1.165, 1.54) is 49.2 Å². The van der Waals surface area contributed by atoms with E-state index in [1.54, 1.807) is 0 Å². The third-order valence-corrected chi connectivity index (χ3v) is 5.35. The van der Waals surface area contributed by atoms with Crippen LogP contribution in [-0.4, -0.2) is 10.9 Å². The first kappa shape index (κ1) is 14.3. The van der Waals surface area contributed by atoms with Gasteiger partial charge in [-0.2, -0.15) is 0 Å². The standard InChI is InChI=1S/C15H24ClNS/c1-2-4-12-6-8-13(9-7-12)15-17-14(11-18-15)5-3-10-16/h11-13H,2-10H2,1H3. The molecular formula is C15H24ClNS. The largest absolute Gasteiger partial charge is 0.246 e. The number of halogens is 1. The van der Waals surface area contributed by atoms with Crippen molar-refractivity contribution in [2.75, 3.05) is 5.88 Å². The van der Waals surface area contributed by atoms with Gasteiger partial charge in [0.05, 0.1) is 10.7 Å². The van der Waals surface area contributed by atoms with Crippen LogP contribution < -0.4 is 0 Å². The zero-order valence-electron chi connectivity index (χ0n) is 11.3. The Balaban J connectivity index is 1.83. The van der Waals surface area contributed by atoms with E-state index in [0.717, 1.165) is 30.6 Å². The van der Waals surface area contributed by atoms with Crippen molar-refractivity contribution < 1.29 is 0 Å². The Morgan fingerprint density at radius 3 is 2.78 bits per heavy atom. The molecule has 0 bridgehead atoms. The number of hydrogen-bond acceptors (Lipinski definition) is 2. The molecule has 0 aliphatic heterocycles. The van der Waals surface area contributed by atoms with Crippen molar-refractivity contribution in [3.8, 4) is 0 Å². The maximum atomic E-state index is 5.73. The minimum Gasteiger partial charge on any atom is -0.246 e. The molecule has 1 nitrogen and oxygen atoms in total. The van der Waals surface area contributed by atoms with Crippen LogP contribution >= 0.6 is 22.9 Å². The first-order valence-corrected chi connectivity index (χ1v) is 8.75. The number of rotatable bonds is 6. The van der Waals surface area contributed by atoms with E-state index in [-0.39, 0.29) is 0 Å². The SMILES string of the molecule is CCCC1CCC(c2nc(CCCCl)cs2)CC1. The van der Waals surface area contributed by atoms with E-state index in [9.17, 15) is 0 Å². The number of aromatic nitrogens is 1. The van der Waals surface area contributed by atoms with Gasteiger partial charge in [0.2, 0.25) is 0 Å². The molecule has 18 heavy (non-hydrogen) atoms. The molecule has 2 rings (SSSR count). The average molecular weight is 286 g/mol. The number of thiazole rings is 1. The number of nitrogens with zero attached hydrogens (tertiary/aromatic N) is 1. The van der Waals surface area contributed by atoms with Crippen molar-refractivity contribution in [3.05, 3.63) is 16.1 Å². The molecule has 1 aliphatic carbocycles. The molecule has 0 saturated heterocycles. The third kappa shape index (κ3) is 3.96. The highest BCUT2D eigenvalue weighted by Crippen LogP contribution is 2.38. The van der Waals surface area contributed by atoms with Gasteiger partial charge in [-0.05, 0) is 44.4 Å². The minimum absolute atomic E-state index is 0.743. The summed E-state index contributed by atoms with van der Waals surface area (Å²) in [7, 11) is 0. The van der Waals surface area contributed by atoms with Crippen LogP contribution in [0.2, 0.25) is 0 Å². The van der Waals surface area contributed by atoms with E-state index in [1.807, 2.05) is 11.3 Å². The van der Waals surface area contributed by atoms with Crippen LogP contribution in [0.5, 0.6) is 0 Å². The Hall–Kier alpha value is -0.0800. The lowest BCUT2D eigenvalue weighted by Crippen LogP contribution is -2.13. The predicted octanol–water partition coefficient (Wildman–Crippen LogP) is 5.39. The maximum absolute atomic E-state index is 5.73. The van der Waals surface area contributed by atoms with E-state index >= 15 is 0 Å². The lowest BCUT2D eigenvalue weighted by Gasteiger charge is -2.26.